The van der Waals surface area contributed by atoms with E-state index in [-0.39, 0.29) is 29.4 Å². The van der Waals surface area contributed by atoms with Gasteiger partial charge in [-0.3, -0.25) is 14.7 Å². The molecule has 46 heavy (non-hydrogen) atoms. The van der Waals surface area contributed by atoms with Crippen molar-refractivity contribution in [3.05, 3.63) is 156 Å². The molecule has 3 N–H and O–H groups in total. The number of aliphatic hydroxyl groups is 1. The second kappa shape index (κ2) is 12.6. The zero-order valence-electron chi connectivity index (χ0n) is 24.6. The Labute approximate surface area is 264 Å². The van der Waals surface area contributed by atoms with Gasteiger partial charge in [0.25, 0.3) is 5.91 Å². The summed E-state index contributed by atoms with van der Waals surface area (Å²) >= 11 is 0. The van der Waals surface area contributed by atoms with Gasteiger partial charge in [0, 0.05) is 12.1 Å². The molecule has 0 spiro atoms. The average molecular weight is 615 g/mol. The maximum atomic E-state index is 15.9. The topological polar surface area (TPSA) is 114 Å². The van der Waals surface area contributed by atoms with Gasteiger partial charge in [0.05, 0.1) is 11.9 Å². The summed E-state index contributed by atoms with van der Waals surface area (Å²) in [6, 6.07) is 38.8. The van der Waals surface area contributed by atoms with Gasteiger partial charge in [-0.1, -0.05) is 109 Å². The number of alkyl halides is 1. The van der Waals surface area contributed by atoms with Crippen molar-refractivity contribution in [2.45, 2.75) is 30.1 Å². The zero-order chi connectivity index (χ0) is 31.5. The Morgan fingerprint density at radius 2 is 1.35 bits per heavy atom. The fourth-order valence-electron chi connectivity index (χ4n) is 6.12. The molecule has 1 aliphatic heterocycles. The molecule has 1 saturated heterocycles. The van der Waals surface area contributed by atoms with Crippen molar-refractivity contribution in [3.8, 4) is 0 Å². The third-order valence-electron chi connectivity index (χ3n) is 8.38. The Balaban J connectivity index is 1.18. The lowest BCUT2D eigenvalue weighted by atomic mass is 9.77. The number of carbonyl (C=O) groups excluding carboxylic acids is 1. The molecule has 1 fully saturated rings. The number of hydrogen-bond acceptors (Lipinski definition) is 7. The lowest BCUT2D eigenvalue weighted by Gasteiger charge is -2.38. The first kappa shape index (κ1) is 29.4. The highest BCUT2D eigenvalue weighted by Crippen LogP contribution is 2.39. The standard InChI is InChI=1S/C36H31FN6O3/c37-29-31(44)28(21-41-36(25-15-7-2-8-16-25,26-17-9-3-10-18-26)27-19-11-4-12-20-27)46-35(29)43-23-40-30-32(38-22-39-33(30)43)42-34(45)24-13-5-1-6-14-24/h1-20,22-23,28-29,31,35,41,44H,21H2,(H,38,39,42,45)/t28-,29-,31-,35-/m1/s1. The van der Waals surface area contributed by atoms with Crippen LogP contribution in [-0.2, 0) is 10.3 Å². The number of fused-ring (bicyclic) bond motifs is 1. The quantitative estimate of drug-likeness (QED) is 0.191. The first-order valence-corrected chi connectivity index (χ1v) is 15.0. The molecule has 2 aromatic heterocycles. The van der Waals surface area contributed by atoms with E-state index in [9.17, 15) is 9.90 Å². The molecule has 3 heterocycles. The molecule has 230 valence electrons. The van der Waals surface area contributed by atoms with Crippen LogP contribution in [0.5, 0.6) is 0 Å². The summed E-state index contributed by atoms with van der Waals surface area (Å²) in [6.45, 7) is 0.122. The molecule has 4 atom stereocenters. The van der Waals surface area contributed by atoms with Crippen LogP contribution in [-0.4, -0.2) is 55.5 Å². The van der Waals surface area contributed by atoms with E-state index in [1.165, 1.54) is 17.2 Å². The van der Waals surface area contributed by atoms with Gasteiger partial charge in [-0.2, -0.15) is 0 Å². The lowest BCUT2D eigenvalue weighted by molar-refractivity contribution is -0.0233. The smallest absolute Gasteiger partial charge is 0.256 e. The van der Waals surface area contributed by atoms with Crippen molar-refractivity contribution in [1.29, 1.82) is 0 Å². The minimum atomic E-state index is -1.78. The highest BCUT2D eigenvalue weighted by Gasteiger charge is 2.47. The fraction of sp³-hybridized carbons (Fsp3) is 0.167. The van der Waals surface area contributed by atoms with Crippen molar-refractivity contribution < 1.29 is 19.0 Å². The summed E-state index contributed by atoms with van der Waals surface area (Å²) in [6.07, 6.45) is -2.67. The largest absolute Gasteiger partial charge is 0.387 e. The molecule has 0 saturated carbocycles. The molecule has 10 heteroatoms. The Kier molecular flexibility index (Phi) is 8.06. The van der Waals surface area contributed by atoms with E-state index in [2.05, 4.69) is 25.6 Å². The van der Waals surface area contributed by atoms with E-state index >= 15 is 4.39 Å². The van der Waals surface area contributed by atoms with E-state index in [0.717, 1.165) is 16.7 Å². The Morgan fingerprint density at radius 1 is 0.804 bits per heavy atom. The van der Waals surface area contributed by atoms with Gasteiger partial charge in [-0.05, 0) is 28.8 Å². The number of anilines is 1. The third-order valence-corrected chi connectivity index (χ3v) is 8.38. The molecule has 0 unspecified atom stereocenters. The minimum absolute atomic E-state index is 0.122. The minimum Gasteiger partial charge on any atom is -0.387 e. The molecule has 0 bridgehead atoms. The van der Waals surface area contributed by atoms with Gasteiger partial charge in [-0.25, -0.2) is 19.3 Å². The molecule has 1 amide bonds. The Morgan fingerprint density at radius 3 is 1.91 bits per heavy atom. The van der Waals surface area contributed by atoms with Gasteiger partial charge < -0.3 is 15.2 Å². The van der Waals surface area contributed by atoms with Crippen molar-refractivity contribution in [2.75, 3.05) is 11.9 Å². The maximum absolute atomic E-state index is 15.9. The first-order chi connectivity index (χ1) is 22.6. The van der Waals surface area contributed by atoms with E-state index in [1.54, 1.807) is 24.3 Å². The van der Waals surface area contributed by atoms with Crippen LogP contribution in [0.3, 0.4) is 0 Å². The van der Waals surface area contributed by atoms with Crippen LogP contribution in [0, 0.1) is 0 Å². The van der Waals surface area contributed by atoms with Gasteiger partial charge in [0.15, 0.2) is 29.4 Å². The molecule has 9 nitrogen and oxygen atoms in total. The van der Waals surface area contributed by atoms with Crippen molar-refractivity contribution in [2.24, 2.45) is 0 Å². The fourth-order valence-corrected chi connectivity index (χ4v) is 6.12. The van der Waals surface area contributed by atoms with Crippen molar-refractivity contribution in [3.63, 3.8) is 0 Å². The molecule has 1 aliphatic rings. The van der Waals surface area contributed by atoms with Gasteiger partial charge in [0.2, 0.25) is 0 Å². The van der Waals surface area contributed by atoms with Crippen LogP contribution in [0.15, 0.2) is 134 Å². The van der Waals surface area contributed by atoms with Crippen LogP contribution in [0.25, 0.3) is 11.2 Å². The van der Waals surface area contributed by atoms with Crippen molar-refractivity contribution in [1.82, 2.24) is 24.8 Å². The summed E-state index contributed by atoms with van der Waals surface area (Å²) in [5, 5.41) is 17.6. The van der Waals surface area contributed by atoms with Crippen LogP contribution in [0.1, 0.15) is 33.3 Å². The number of nitrogens with one attached hydrogen (secondary N) is 2. The van der Waals surface area contributed by atoms with E-state index in [1.807, 2.05) is 97.1 Å². The van der Waals surface area contributed by atoms with Gasteiger partial charge in [0.1, 0.15) is 18.5 Å². The maximum Gasteiger partial charge on any atom is 0.256 e. The molecule has 6 aromatic rings. The van der Waals surface area contributed by atoms with E-state index in [0.29, 0.717) is 5.56 Å². The van der Waals surface area contributed by atoms with Crippen LogP contribution < -0.4 is 10.6 Å². The van der Waals surface area contributed by atoms with Crippen LogP contribution in [0.2, 0.25) is 0 Å². The van der Waals surface area contributed by atoms with E-state index < -0.39 is 30.1 Å². The van der Waals surface area contributed by atoms with Crippen molar-refractivity contribution >= 4 is 22.9 Å². The second-order valence-corrected chi connectivity index (χ2v) is 11.1. The van der Waals surface area contributed by atoms with E-state index in [4.69, 9.17) is 4.74 Å². The summed E-state index contributed by atoms with van der Waals surface area (Å²) in [7, 11) is 0. The molecular weight excluding hydrogens is 583 g/mol. The number of aliphatic hydroxyl groups excluding tert-OH is 1. The monoisotopic (exact) mass is 614 g/mol. The Bertz CT molecular complexity index is 1830. The predicted octanol–water partition coefficient (Wildman–Crippen LogP) is 5.26. The molecule has 4 aromatic carbocycles. The van der Waals surface area contributed by atoms with Gasteiger partial charge in [-0.15, -0.1) is 0 Å². The zero-order valence-corrected chi connectivity index (χ0v) is 24.6. The molecule has 7 rings (SSSR count). The number of aromatic nitrogens is 4. The number of imidazole rings is 1. The number of ether oxygens (including phenoxy) is 1. The summed E-state index contributed by atoms with van der Waals surface area (Å²) in [5.74, 6) is -0.181. The number of halogens is 1. The van der Waals surface area contributed by atoms with Crippen LogP contribution in [0.4, 0.5) is 10.2 Å². The SMILES string of the molecule is O=C(Nc1ncnc2c1ncn2[C@@H]1O[C@H](CNC(c2ccccc2)(c2ccccc2)c2ccccc2)[C@@H](O)[C@H]1F)c1ccccc1. The molecule has 0 radical (unpaired) electrons. The Hall–Kier alpha value is -5.29. The number of hydrogen-bond donors (Lipinski definition) is 3. The number of amides is 1. The normalized spacial score (nSPS) is 19.7. The number of nitrogens with zero attached hydrogens (tertiary/aromatic N) is 4. The lowest BCUT2D eigenvalue weighted by Crippen LogP contribution is -2.49. The predicted molar refractivity (Wildman–Crippen MR) is 172 cm³/mol. The van der Waals surface area contributed by atoms with Gasteiger partial charge >= 0.3 is 0 Å². The highest BCUT2D eigenvalue weighted by atomic mass is 19.1. The molecule has 0 aliphatic carbocycles. The number of benzene rings is 4. The second-order valence-electron chi connectivity index (χ2n) is 11.1. The summed E-state index contributed by atoms with van der Waals surface area (Å²) < 4.78 is 23.5. The first-order valence-electron chi connectivity index (χ1n) is 15.0. The number of carbonyl (C=O) groups is 1. The molecular formula is C36H31FN6O3. The number of rotatable bonds is 9. The highest BCUT2D eigenvalue weighted by molar-refractivity contribution is 6.06. The third kappa shape index (κ3) is 5.32. The van der Waals surface area contributed by atoms with Crippen LogP contribution >= 0.6 is 0 Å². The summed E-state index contributed by atoms with van der Waals surface area (Å²) in [5.41, 5.74) is 3.11. The average Bonchev–Trinajstić information content (AvgIpc) is 3.67. The summed E-state index contributed by atoms with van der Waals surface area (Å²) in [4.78, 5) is 25.7.